The van der Waals surface area contributed by atoms with Gasteiger partial charge >= 0.3 is 0 Å². The molecule has 1 saturated heterocycles. The van der Waals surface area contributed by atoms with E-state index in [1.807, 2.05) is 0 Å². The van der Waals surface area contributed by atoms with Crippen LogP contribution in [0.4, 0.5) is 0 Å². The Morgan fingerprint density at radius 1 is 0.842 bits per heavy atom. The molecule has 0 bridgehead atoms. The van der Waals surface area contributed by atoms with E-state index in [9.17, 15) is 0 Å². The van der Waals surface area contributed by atoms with E-state index in [0.29, 0.717) is 0 Å². The molecule has 0 aromatic heterocycles. The molecule has 0 aromatic rings. The van der Waals surface area contributed by atoms with Crippen LogP contribution in [0.1, 0.15) is 65.2 Å². The fourth-order valence-corrected chi connectivity index (χ4v) is 2.89. The molecule has 1 aliphatic rings. The molecule has 1 heterocycles. The highest BCUT2D eigenvalue weighted by molar-refractivity contribution is 4.78. The third kappa shape index (κ3) is 7.28. The summed E-state index contributed by atoms with van der Waals surface area (Å²) in [5.41, 5.74) is 6.30. The summed E-state index contributed by atoms with van der Waals surface area (Å²) >= 11 is 0. The maximum atomic E-state index is 6.30. The molecule has 0 amide bonds. The first-order chi connectivity index (χ1) is 9.27. The van der Waals surface area contributed by atoms with E-state index in [2.05, 4.69) is 23.6 Å². The fraction of sp³-hybridized carbons (Fsp3) is 1.00. The molecule has 1 fully saturated rings. The van der Waals surface area contributed by atoms with Crippen LogP contribution in [0.25, 0.3) is 0 Å². The second kappa shape index (κ2) is 10.6. The molecule has 0 radical (unpaired) electrons. The van der Waals surface area contributed by atoms with Crippen LogP contribution in [0.15, 0.2) is 0 Å². The van der Waals surface area contributed by atoms with Gasteiger partial charge < -0.3 is 5.73 Å². The Balaban J connectivity index is 2.09. The lowest BCUT2D eigenvalue weighted by Crippen LogP contribution is -2.57. The first-order valence-corrected chi connectivity index (χ1v) is 8.50. The smallest absolute Gasteiger partial charge is 0.0703 e. The third-order valence-corrected chi connectivity index (χ3v) is 4.24. The molecule has 114 valence electrons. The standard InChI is InChI=1S/C16H35N3/c1-3-5-7-9-11-18-13-14-19(16(17)15-18)12-10-8-6-4-2/h16H,3-15,17H2,1-2H3. The molecule has 3 nitrogen and oxygen atoms in total. The Morgan fingerprint density at radius 2 is 1.47 bits per heavy atom. The van der Waals surface area contributed by atoms with Gasteiger partial charge in [-0.3, -0.25) is 9.80 Å². The zero-order valence-corrected chi connectivity index (χ0v) is 13.2. The van der Waals surface area contributed by atoms with E-state index in [4.69, 9.17) is 5.73 Å². The van der Waals surface area contributed by atoms with E-state index < -0.39 is 0 Å². The molecule has 3 heteroatoms. The highest BCUT2D eigenvalue weighted by Gasteiger charge is 2.22. The summed E-state index contributed by atoms with van der Waals surface area (Å²) in [5.74, 6) is 0. The molecule has 0 saturated carbocycles. The zero-order chi connectivity index (χ0) is 13.9. The van der Waals surface area contributed by atoms with Gasteiger partial charge in [0.1, 0.15) is 0 Å². The number of unbranched alkanes of at least 4 members (excludes halogenated alkanes) is 6. The molecule has 1 unspecified atom stereocenters. The van der Waals surface area contributed by atoms with Crippen molar-refractivity contribution in [1.29, 1.82) is 0 Å². The van der Waals surface area contributed by atoms with Crippen LogP contribution >= 0.6 is 0 Å². The van der Waals surface area contributed by atoms with E-state index in [1.54, 1.807) is 0 Å². The number of hydrogen-bond donors (Lipinski definition) is 1. The third-order valence-electron chi connectivity index (χ3n) is 4.24. The van der Waals surface area contributed by atoms with Crippen LogP contribution in [0.5, 0.6) is 0 Å². The normalized spacial score (nSPS) is 21.9. The summed E-state index contributed by atoms with van der Waals surface area (Å²) in [6, 6.07) is 0. The average Bonchev–Trinajstić information content (AvgIpc) is 2.42. The summed E-state index contributed by atoms with van der Waals surface area (Å²) in [4.78, 5) is 5.04. The molecule has 1 aliphatic heterocycles. The average molecular weight is 269 g/mol. The van der Waals surface area contributed by atoms with E-state index in [-0.39, 0.29) is 6.17 Å². The predicted molar refractivity (Wildman–Crippen MR) is 84.3 cm³/mol. The van der Waals surface area contributed by atoms with Crippen LogP contribution < -0.4 is 5.73 Å². The molecule has 0 aliphatic carbocycles. The first-order valence-electron chi connectivity index (χ1n) is 8.50. The van der Waals surface area contributed by atoms with Crippen molar-refractivity contribution in [3.8, 4) is 0 Å². The van der Waals surface area contributed by atoms with Gasteiger partial charge in [0, 0.05) is 19.6 Å². The minimum absolute atomic E-state index is 0.265. The predicted octanol–water partition coefficient (Wildman–Crippen LogP) is 3.05. The lowest BCUT2D eigenvalue weighted by Gasteiger charge is -2.39. The van der Waals surface area contributed by atoms with Gasteiger partial charge in [-0.15, -0.1) is 0 Å². The van der Waals surface area contributed by atoms with Crippen molar-refractivity contribution >= 4 is 0 Å². The molecule has 1 atom stereocenters. The maximum absolute atomic E-state index is 6.30. The zero-order valence-electron chi connectivity index (χ0n) is 13.2. The molecule has 2 N–H and O–H groups in total. The van der Waals surface area contributed by atoms with Gasteiger partial charge in [0.25, 0.3) is 0 Å². The quantitative estimate of drug-likeness (QED) is 0.619. The lowest BCUT2D eigenvalue weighted by atomic mass is 10.1. The largest absolute Gasteiger partial charge is 0.315 e. The Hall–Kier alpha value is -0.120. The van der Waals surface area contributed by atoms with Gasteiger partial charge in [-0.05, 0) is 25.9 Å². The van der Waals surface area contributed by atoms with Gasteiger partial charge in [-0.2, -0.15) is 0 Å². The van der Waals surface area contributed by atoms with Crippen molar-refractivity contribution in [3.63, 3.8) is 0 Å². The summed E-state index contributed by atoms with van der Waals surface area (Å²) in [6.45, 7) is 10.4. The van der Waals surface area contributed by atoms with Crippen LogP contribution in [0, 0.1) is 0 Å². The van der Waals surface area contributed by atoms with Crippen molar-refractivity contribution < 1.29 is 0 Å². The Kier molecular flexibility index (Phi) is 9.48. The topological polar surface area (TPSA) is 32.5 Å². The molecule has 1 rings (SSSR count). The minimum atomic E-state index is 0.265. The van der Waals surface area contributed by atoms with Gasteiger partial charge in [0.15, 0.2) is 0 Å². The fourth-order valence-electron chi connectivity index (χ4n) is 2.89. The molecule has 0 aromatic carbocycles. The number of rotatable bonds is 10. The second-order valence-electron chi connectivity index (χ2n) is 6.03. The van der Waals surface area contributed by atoms with Gasteiger partial charge in [-0.25, -0.2) is 0 Å². The van der Waals surface area contributed by atoms with Crippen molar-refractivity contribution in [2.45, 2.75) is 71.4 Å². The summed E-state index contributed by atoms with van der Waals surface area (Å²) in [7, 11) is 0. The highest BCUT2D eigenvalue weighted by atomic mass is 15.3. The van der Waals surface area contributed by atoms with Crippen LogP contribution in [0.3, 0.4) is 0 Å². The van der Waals surface area contributed by atoms with Crippen molar-refractivity contribution in [3.05, 3.63) is 0 Å². The minimum Gasteiger partial charge on any atom is -0.315 e. The van der Waals surface area contributed by atoms with E-state index in [0.717, 1.165) is 6.54 Å². The maximum Gasteiger partial charge on any atom is 0.0703 e. The SMILES string of the molecule is CCCCCCN1CCN(CCCCCC)C(N)C1. The summed E-state index contributed by atoms with van der Waals surface area (Å²) < 4.78 is 0. The van der Waals surface area contributed by atoms with Crippen LogP contribution in [-0.4, -0.2) is 48.7 Å². The molecule has 19 heavy (non-hydrogen) atoms. The van der Waals surface area contributed by atoms with Crippen molar-refractivity contribution in [2.75, 3.05) is 32.7 Å². The summed E-state index contributed by atoms with van der Waals surface area (Å²) in [5, 5.41) is 0. The van der Waals surface area contributed by atoms with Crippen molar-refractivity contribution in [1.82, 2.24) is 9.80 Å². The lowest BCUT2D eigenvalue weighted by molar-refractivity contribution is 0.0749. The molecular weight excluding hydrogens is 234 g/mol. The Labute approximate surface area is 120 Å². The molecular formula is C16H35N3. The van der Waals surface area contributed by atoms with Crippen LogP contribution in [-0.2, 0) is 0 Å². The highest BCUT2D eigenvalue weighted by Crippen LogP contribution is 2.10. The number of piperazine rings is 1. The monoisotopic (exact) mass is 269 g/mol. The Bertz CT molecular complexity index is 208. The van der Waals surface area contributed by atoms with Gasteiger partial charge in [0.2, 0.25) is 0 Å². The van der Waals surface area contributed by atoms with Crippen LogP contribution in [0.2, 0.25) is 0 Å². The molecule has 0 spiro atoms. The Morgan fingerprint density at radius 3 is 2.05 bits per heavy atom. The van der Waals surface area contributed by atoms with Gasteiger partial charge in [0.05, 0.1) is 6.17 Å². The van der Waals surface area contributed by atoms with E-state index in [1.165, 1.54) is 77.5 Å². The van der Waals surface area contributed by atoms with E-state index >= 15 is 0 Å². The number of hydrogen-bond acceptors (Lipinski definition) is 3. The first kappa shape index (κ1) is 16.9. The number of nitrogens with two attached hydrogens (primary N) is 1. The van der Waals surface area contributed by atoms with Gasteiger partial charge in [-0.1, -0.05) is 52.4 Å². The summed E-state index contributed by atoms with van der Waals surface area (Å²) in [6.07, 6.45) is 11.1. The second-order valence-corrected chi connectivity index (χ2v) is 6.03. The van der Waals surface area contributed by atoms with Crippen molar-refractivity contribution in [2.24, 2.45) is 5.73 Å². The number of nitrogens with zero attached hydrogens (tertiary/aromatic N) is 2.